The van der Waals surface area contributed by atoms with Crippen LogP contribution in [0.25, 0.3) is 12.2 Å². The summed E-state index contributed by atoms with van der Waals surface area (Å²) in [5.74, 6) is -0.458. The summed E-state index contributed by atoms with van der Waals surface area (Å²) in [6, 6.07) is 17.9. The first-order chi connectivity index (χ1) is 14.4. The van der Waals surface area contributed by atoms with E-state index in [1.807, 2.05) is 37.3 Å². The molecule has 0 unspecified atom stereocenters. The van der Waals surface area contributed by atoms with Gasteiger partial charge in [-0.05, 0) is 29.7 Å². The Balaban J connectivity index is 2.16. The molecule has 2 aromatic rings. The van der Waals surface area contributed by atoms with Gasteiger partial charge in [0.15, 0.2) is 0 Å². The van der Waals surface area contributed by atoms with Crippen LogP contribution in [0.1, 0.15) is 30.9 Å². The third kappa shape index (κ3) is 7.00. The molecule has 0 spiro atoms. The third-order valence-electron chi connectivity index (χ3n) is 4.58. The van der Waals surface area contributed by atoms with E-state index in [1.54, 1.807) is 36.4 Å². The molecule has 0 aliphatic heterocycles. The summed E-state index contributed by atoms with van der Waals surface area (Å²) in [5.41, 5.74) is 1.36. The van der Waals surface area contributed by atoms with Gasteiger partial charge >= 0.3 is 0 Å². The summed E-state index contributed by atoms with van der Waals surface area (Å²) in [6.45, 7) is 2.33. The minimum atomic E-state index is -1.84. The minimum Gasteiger partial charge on any atom is -0.509 e. The maximum atomic E-state index is 10.6. The van der Waals surface area contributed by atoms with Gasteiger partial charge in [0.25, 0.3) is 0 Å². The molecule has 4 atom stereocenters. The van der Waals surface area contributed by atoms with Crippen molar-refractivity contribution in [3.63, 3.8) is 0 Å². The molecule has 0 fully saturated rings. The van der Waals surface area contributed by atoms with Crippen molar-refractivity contribution in [3.8, 4) is 0 Å². The van der Waals surface area contributed by atoms with Gasteiger partial charge in [0, 0.05) is 0 Å². The molecule has 2 aromatic carbocycles. The highest BCUT2D eigenvalue weighted by atomic mass is 16.5. The van der Waals surface area contributed by atoms with Crippen LogP contribution in [0.2, 0.25) is 0 Å². The van der Waals surface area contributed by atoms with Gasteiger partial charge in [0.1, 0.15) is 35.9 Å². The first kappa shape index (κ1) is 23.6. The molecule has 0 aromatic heterocycles. The van der Waals surface area contributed by atoms with Gasteiger partial charge in [0.05, 0.1) is 6.61 Å². The lowest BCUT2D eigenvalue weighted by Gasteiger charge is -2.27. The van der Waals surface area contributed by atoms with Crippen LogP contribution >= 0.6 is 0 Å². The van der Waals surface area contributed by atoms with E-state index in [0.717, 1.165) is 18.4 Å². The Kier molecular flexibility index (Phi) is 9.57. The van der Waals surface area contributed by atoms with Crippen molar-refractivity contribution >= 4 is 12.2 Å². The lowest BCUT2D eigenvalue weighted by molar-refractivity contribution is -0.103. The molecule has 5 N–H and O–H groups in total. The van der Waals surface area contributed by atoms with Gasteiger partial charge in [0.2, 0.25) is 0 Å². The monoisotopic (exact) mass is 414 g/mol. The summed E-state index contributed by atoms with van der Waals surface area (Å²) >= 11 is 0. The zero-order valence-corrected chi connectivity index (χ0v) is 17.0. The molecule has 6 heteroatoms. The molecule has 0 aliphatic rings. The second-order valence-corrected chi connectivity index (χ2v) is 7.01. The van der Waals surface area contributed by atoms with Crippen molar-refractivity contribution in [1.82, 2.24) is 0 Å². The third-order valence-corrected chi connectivity index (χ3v) is 4.58. The molecular weight excluding hydrogens is 384 g/mol. The van der Waals surface area contributed by atoms with Gasteiger partial charge in [-0.3, -0.25) is 0 Å². The number of unbranched alkanes of at least 4 members (excludes halogenated alkanes) is 1. The average Bonchev–Trinajstić information content (AvgIpc) is 2.78. The van der Waals surface area contributed by atoms with E-state index in [2.05, 4.69) is 0 Å². The summed E-state index contributed by atoms with van der Waals surface area (Å²) in [6.07, 6.45) is -2.53. The number of aliphatic hydroxyl groups is 5. The maximum Gasteiger partial charge on any atom is 0.139 e. The number of benzene rings is 2. The molecule has 0 saturated heterocycles. The first-order valence-corrected chi connectivity index (χ1v) is 10.0. The zero-order valence-electron chi connectivity index (χ0n) is 17.0. The summed E-state index contributed by atoms with van der Waals surface area (Å²) in [7, 11) is 0. The summed E-state index contributed by atoms with van der Waals surface area (Å²) in [4.78, 5) is 0. The fourth-order valence-corrected chi connectivity index (χ4v) is 2.78. The molecule has 6 nitrogen and oxygen atoms in total. The Morgan fingerprint density at radius 2 is 1.30 bits per heavy atom. The Bertz CT molecular complexity index is 803. The van der Waals surface area contributed by atoms with Gasteiger partial charge in [-0.2, -0.15) is 0 Å². The standard InChI is InChI=1S/C24H30O6/c1-2-3-14-30-20(16-18-12-8-5-9-13-18)22(27)24(29)23(28)21(26)19(25)15-17-10-6-4-7-11-17/h4-13,15-16,21-29H,2-3,14H2,1H3/t21-,22+,23-,24-/m1/s1. The lowest BCUT2D eigenvalue weighted by atomic mass is 9.98. The van der Waals surface area contributed by atoms with Crippen LogP contribution < -0.4 is 0 Å². The largest absolute Gasteiger partial charge is 0.509 e. The number of hydrogen-bond acceptors (Lipinski definition) is 6. The van der Waals surface area contributed by atoms with Crippen molar-refractivity contribution < 1.29 is 30.3 Å². The number of hydrogen-bond donors (Lipinski definition) is 5. The van der Waals surface area contributed by atoms with Crippen LogP contribution in [0.3, 0.4) is 0 Å². The van der Waals surface area contributed by atoms with Crippen molar-refractivity contribution in [1.29, 1.82) is 0 Å². The molecule has 0 radical (unpaired) electrons. The average molecular weight is 414 g/mol. The Labute approximate surface area is 177 Å². The van der Waals surface area contributed by atoms with Crippen LogP contribution in [-0.2, 0) is 4.74 Å². The number of ether oxygens (including phenoxy) is 1. The van der Waals surface area contributed by atoms with E-state index < -0.39 is 30.2 Å². The normalized spacial score (nSPS) is 16.6. The molecule has 2 rings (SSSR count). The SMILES string of the molecule is CCCCOC(=Cc1ccccc1)[C@H](O)[C@@H](O)[C@H](O)[C@H](O)C(O)=Cc1ccccc1. The second-order valence-electron chi connectivity index (χ2n) is 7.01. The molecular formula is C24H30O6. The van der Waals surface area contributed by atoms with Crippen LogP contribution in [0, 0.1) is 0 Å². The predicted molar refractivity (Wildman–Crippen MR) is 116 cm³/mol. The fourth-order valence-electron chi connectivity index (χ4n) is 2.78. The Morgan fingerprint density at radius 3 is 1.83 bits per heavy atom. The van der Waals surface area contributed by atoms with Crippen molar-refractivity contribution in [2.24, 2.45) is 0 Å². The highest BCUT2D eigenvalue weighted by Crippen LogP contribution is 2.20. The van der Waals surface area contributed by atoms with Gasteiger partial charge in [-0.1, -0.05) is 74.0 Å². The fraction of sp³-hybridized carbons (Fsp3) is 0.333. The van der Waals surface area contributed by atoms with Crippen LogP contribution in [0.15, 0.2) is 72.2 Å². The molecule has 0 aliphatic carbocycles. The highest BCUT2D eigenvalue weighted by Gasteiger charge is 2.35. The quantitative estimate of drug-likeness (QED) is 0.286. The minimum absolute atomic E-state index is 0.0694. The predicted octanol–water partition coefficient (Wildman–Crippen LogP) is 2.89. The second kappa shape index (κ2) is 12.1. The summed E-state index contributed by atoms with van der Waals surface area (Å²) in [5, 5.41) is 51.8. The van der Waals surface area contributed by atoms with E-state index in [-0.39, 0.29) is 5.76 Å². The van der Waals surface area contributed by atoms with Gasteiger partial charge < -0.3 is 30.3 Å². The lowest BCUT2D eigenvalue weighted by Crippen LogP contribution is -2.46. The van der Waals surface area contributed by atoms with Crippen molar-refractivity contribution in [2.75, 3.05) is 6.61 Å². The van der Waals surface area contributed by atoms with Crippen LogP contribution in [0.5, 0.6) is 0 Å². The molecule has 0 saturated carbocycles. The maximum absolute atomic E-state index is 10.6. The van der Waals surface area contributed by atoms with Crippen molar-refractivity contribution in [2.45, 2.75) is 44.2 Å². The Morgan fingerprint density at radius 1 is 0.800 bits per heavy atom. The van der Waals surface area contributed by atoms with Gasteiger partial charge in [-0.25, -0.2) is 0 Å². The molecule has 0 bridgehead atoms. The van der Waals surface area contributed by atoms with Gasteiger partial charge in [-0.15, -0.1) is 0 Å². The van der Waals surface area contributed by atoms with E-state index >= 15 is 0 Å². The van der Waals surface area contributed by atoms with Crippen LogP contribution in [-0.4, -0.2) is 56.6 Å². The molecule has 30 heavy (non-hydrogen) atoms. The zero-order chi connectivity index (χ0) is 21.9. The van der Waals surface area contributed by atoms with E-state index in [1.165, 1.54) is 6.08 Å². The molecule has 0 amide bonds. The number of rotatable bonds is 11. The topological polar surface area (TPSA) is 110 Å². The van der Waals surface area contributed by atoms with E-state index in [4.69, 9.17) is 4.74 Å². The highest BCUT2D eigenvalue weighted by molar-refractivity contribution is 5.53. The number of aliphatic hydroxyl groups excluding tert-OH is 5. The van der Waals surface area contributed by atoms with Crippen molar-refractivity contribution in [3.05, 3.63) is 83.3 Å². The van der Waals surface area contributed by atoms with E-state index in [0.29, 0.717) is 12.2 Å². The van der Waals surface area contributed by atoms with E-state index in [9.17, 15) is 25.5 Å². The summed E-state index contributed by atoms with van der Waals surface area (Å²) < 4.78 is 5.64. The smallest absolute Gasteiger partial charge is 0.139 e. The van der Waals surface area contributed by atoms with Crippen LogP contribution in [0.4, 0.5) is 0 Å². The Hall–Kier alpha value is -2.64. The molecule has 0 heterocycles. The first-order valence-electron chi connectivity index (χ1n) is 10.0. The molecule has 162 valence electrons.